The van der Waals surface area contributed by atoms with E-state index in [1.165, 1.54) is 12.1 Å². The fraction of sp³-hybridized carbons (Fsp3) is 0.0526. The highest BCUT2D eigenvalue weighted by Gasteiger charge is 2.25. The van der Waals surface area contributed by atoms with Crippen LogP contribution in [-0.4, -0.2) is 8.42 Å². The Morgan fingerprint density at radius 3 is 1.80 bits per heavy atom. The molecule has 0 radical (unpaired) electrons. The summed E-state index contributed by atoms with van der Waals surface area (Å²) < 4.78 is 28.6. The van der Waals surface area contributed by atoms with Crippen molar-refractivity contribution in [3.05, 3.63) is 100 Å². The van der Waals surface area contributed by atoms with Crippen LogP contribution in [-0.2, 0) is 10.0 Å². The highest BCUT2D eigenvalue weighted by atomic mass is 35.5. The Morgan fingerprint density at radius 1 is 0.760 bits per heavy atom. The second-order valence-electron chi connectivity index (χ2n) is 5.45. The molecule has 0 spiro atoms. The van der Waals surface area contributed by atoms with Crippen molar-refractivity contribution in [2.45, 2.75) is 10.9 Å². The van der Waals surface area contributed by atoms with Gasteiger partial charge in [0.05, 0.1) is 11.1 Å². The molecule has 0 aromatic heterocycles. The molecule has 1 N–H and O–H groups in total. The van der Waals surface area contributed by atoms with Crippen molar-refractivity contribution in [1.29, 1.82) is 0 Å². The molecule has 6 heteroatoms. The molecular weight excluding hydrogens is 377 g/mol. The summed E-state index contributed by atoms with van der Waals surface area (Å²) >= 11 is 12.0. The molecule has 128 valence electrons. The zero-order valence-electron chi connectivity index (χ0n) is 13.1. The fourth-order valence-electron chi connectivity index (χ4n) is 2.52. The van der Waals surface area contributed by atoms with Crippen LogP contribution >= 0.6 is 23.2 Å². The molecule has 0 saturated heterocycles. The van der Waals surface area contributed by atoms with E-state index in [1.807, 2.05) is 60.7 Å². The molecule has 0 aliphatic heterocycles. The molecule has 3 nitrogen and oxygen atoms in total. The maximum atomic E-state index is 12.9. The standard InChI is InChI=1S/C19H15Cl2NO2S/c20-16-11-12-17(21)18(13-16)25(23,24)22-19(14-7-3-1-4-8-14)15-9-5-2-6-10-15/h1-13,19,22H. The number of halogens is 2. The molecule has 0 heterocycles. The maximum Gasteiger partial charge on any atom is 0.242 e. The molecule has 3 rings (SSSR count). The van der Waals surface area contributed by atoms with Gasteiger partial charge in [-0.25, -0.2) is 8.42 Å². The first-order chi connectivity index (χ1) is 12.0. The van der Waals surface area contributed by atoms with E-state index in [-0.39, 0.29) is 9.92 Å². The van der Waals surface area contributed by atoms with E-state index >= 15 is 0 Å². The average Bonchev–Trinajstić information content (AvgIpc) is 2.63. The molecule has 3 aromatic carbocycles. The summed E-state index contributed by atoms with van der Waals surface area (Å²) in [5.41, 5.74) is 1.66. The maximum absolute atomic E-state index is 12.9. The van der Waals surface area contributed by atoms with Gasteiger partial charge in [-0.3, -0.25) is 0 Å². The number of sulfonamides is 1. The van der Waals surface area contributed by atoms with Gasteiger partial charge in [0.2, 0.25) is 10.0 Å². The average molecular weight is 392 g/mol. The predicted molar refractivity (Wildman–Crippen MR) is 102 cm³/mol. The van der Waals surface area contributed by atoms with Crippen LogP contribution in [0, 0.1) is 0 Å². The van der Waals surface area contributed by atoms with Crippen molar-refractivity contribution >= 4 is 33.2 Å². The molecule has 0 aliphatic rings. The summed E-state index contributed by atoms with van der Waals surface area (Å²) in [6.45, 7) is 0. The fourth-order valence-corrected chi connectivity index (χ4v) is 4.50. The SMILES string of the molecule is O=S(=O)(NC(c1ccccc1)c1ccccc1)c1cc(Cl)ccc1Cl. The summed E-state index contributed by atoms with van der Waals surface area (Å²) in [6, 6.07) is 22.6. The van der Waals surface area contributed by atoms with Gasteiger partial charge in [-0.05, 0) is 29.3 Å². The second-order valence-corrected chi connectivity index (χ2v) is 7.98. The van der Waals surface area contributed by atoms with Gasteiger partial charge in [-0.15, -0.1) is 0 Å². The van der Waals surface area contributed by atoms with Crippen molar-refractivity contribution in [1.82, 2.24) is 4.72 Å². The van der Waals surface area contributed by atoms with E-state index < -0.39 is 16.1 Å². The van der Waals surface area contributed by atoms with Crippen LogP contribution in [0.15, 0.2) is 83.8 Å². The van der Waals surface area contributed by atoms with Crippen LogP contribution in [0.5, 0.6) is 0 Å². The van der Waals surface area contributed by atoms with Crippen LogP contribution in [0.3, 0.4) is 0 Å². The predicted octanol–water partition coefficient (Wildman–Crippen LogP) is 5.06. The Morgan fingerprint density at radius 2 is 1.28 bits per heavy atom. The van der Waals surface area contributed by atoms with E-state index in [2.05, 4.69) is 4.72 Å². The zero-order valence-corrected chi connectivity index (χ0v) is 15.4. The van der Waals surface area contributed by atoms with E-state index in [9.17, 15) is 8.42 Å². The van der Waals surface area contributed by atoms with Gasteiger partial charge in [-0.2, -0.15) is 4.72 Å². The van der Waals surface area contributed by atoms with E-state index in [1.54, 1.807) is 6.07 Å². The third-order valence-electron chi connectivity index (χ3n) is 3.72. The molecule has 3 aromatic rings. The van der Waals surface area contributed by atoms with Gasteiger partial charge >= 0.3 is 0 Å². The first-order valence-electron chi connectivity index (χ1n) is 7.54. The molecular formula is C19H15Cl2NO2S. The lowest BCUT2D eigenvalue weighted by Gasteiger charge is -2.20. The highest BCUT2D eigenvalue weighted by Crippen LogP contribution is 2.29. The minimum absolute atomic E-state index is 0.0430. The summed E-state index contributed by atoms with van der Waals surface area (Å²) in [4.78, 5) is -0.0430. The van der Waals surface area contributed by atoms with Gasteiger partial charge in [0.25, 0.3) is 0 Å². The lowest BCUT2D eigenvalue weighted by atomic mass is 10.00. The Balaban J connectivity index is 2.05. The highest BCUT2D eigenvalue weighted by molar-refractivity contribution is 7.89. The second kappa shape index (κ2) is 7.58. The van der Waals surface area contributed by atoms with Crippen molar-refractivity contribution in [2.75, 3.05) is 0 Å². The number of benzene rings is 3. The lowest BCUT2D eigenvalue weighted by Crippen LogP contribution is -2.29. The van der Waals surface area contributed by atoms with Gasteiger partial charge in [0, 0.05) is 5.02 Å². The van der Waals surface area contributed by atoms with Gasteiger partial charge in [0.1, 0.15) is 4.90 Å². The topological polar surface area (TPSA) is 46.2 Å². The van der Waals surface area contributed by atoms with Crippen molar-refractivity contribution < 1.29 is 8.42 Å². The van der Waals surface area contributed by atoms with Gasteiger partial charge in [-0.1, -0.05) is 83.9 Å². The number of rotatable bonds is 5. The number of nitrogens with one attached hydrogen (secondary N) is 1. The van der Waals surface area contributed by atoms with Gasteiger partial charge < -0.3 is 0 Å². The lowest BCUT2D eigenvalue weighted by molar-refractivity contribution is 0.572. The molecule has 0 aliphatic carbocycles. The molecule has 25 heavy (non-hydrogen) atoms. The van der Waals surface area contributed by atoms with E-state index in [4.69, 9.17) is 23.2 Å². The summed E-state index contributed by atoms with van der Waals surface area (Å²) in [5.74, 6) is 0. The van der Waals surface area contributed by atoms with Gasteiger partial charge in [0.15, 0.2) is 0 Å². The van der Waals surface area contributed by atoms with Crippen LogP contribution < -0.4 is 4.72 Å². The Bertz CT molecular complexity index is 922. The third kappa shape index (κ3) is 4.22. The minimum atomic E-state index is -3.88. The Labute approximate surface area is 157 Å². The quantitative estimate of drug-likeness (QED) is 0.660. The van der Waals surface area contributed by atoms with Crippen LogP contribution in [0.2, 0.25) is 10.0 Å². The van der Waals surface area contributed by atoms with Crippen molar-refractivity contribution in [3.63, 3.8) is 0 Å². The molecule has 0 amide bonds. The van der Waals surface area contributed by atoms with Crippen LogP contribution in [0.4, 0.5) is 0 Å². The first-order valence-corrected chi connectivity index (χ1v) is 9.78. The smallest absolute Gasteiger partial charge is 0.207 e. The molecule has 0 saturated carbocycles. The first kappa shape index (κ1) is 18.0. The van der Waals surface area contributed by atoms with Crippen LogP contribution in [0.1, 0.15) is 17.2 Å². The number of hydrogen-bond donors (Lipinski definition) is 1. The number of hydrogen-bond acceptors (Lipinski definition) is 2. The van der Waals surface area contributed by atoms with Crippen LogP contribution in [0.25, 0.3) is 0 Å². The molecule has 0 atom stereocenters. The monoisotopic (exact) mass is 391 g/mol. The van der Waals surface area contributed by atoms with Crippen molar-refractivity contribution in [2.24, 2.45) is 0 Å². The summed E-state index contributed by atoms with van der Waals surface area (Å²) in [7, 11) is -3.88. The molecule has 0 bridgehead atoms. The minimum Gasteiger partial charge on any atom is -0.207 e. The van der Waals surface area contributed by atoms with E-state index in [0.717, 1.165) is 11.1 Å². The molecule has 0 fully saturated rings. The normalized spacial score (nSPS) is 11.6. The third-order valence-corrected chi connectivity index (χ3v) is 5.86. The zero-order chi connectivity index (χ0) is 17.9. The summed E-state index contributed by atoms with van der Waals surface area (Å²) in [6.07, 6.45) is 0. The molecule has 0 unspecified atom stereocenters. The van der Waals surface area contributed by atoms with Crippen molar-refractivity contribution in [3.8, 4) is 0 Å². The summed E-state index contributed by atoms with van der Waals surface area (Å²) in [5, 5.41) is 0.428. The largest absolute Gasteiger partial charge is 0.242 e. The Hall–Kier alpha value is -1.85. The Kier molecular flexibility index (Phi) is 5.45. The van der Waals surface area contributed by atoms with E-state index in [0.29, 0.717) is 5.02 Å².